The van der Waals surface area contributed by atoms with Crippen LogP contribution in [0.25, 0.3) is 16.9 Å². The minimum absolute atomic E-state index is 0.101. The Morgan fingerprint density at radius 1 is 1.03 bits per heavy atom. The molecule has 0 saturated heterocycles. The first-order valence-corrected chi connectivity index (χ1v) is 10.1. The highest BCUT2D eigenvalue weighted by Gasteiger charge is 2.12. The summed E-state index contributed by atoms with van der Waals surface area (Å²) in [5.41, 5.74) is 2.49. The molecule has 6 nitrogen and oxygen atoms in total. The average Bonchev–Trinajstić information content (AvgIpc) is 3.12. The standard InChI is InChI=1S/C19H12Cl2FN5OS/c20-14-6-5-13(9-15(14)21)23-18(28)10-29-19-25-24-17-8-7-16(26-27(17)19)11-1-3-12(22)4-2-11/h1-9H,10H2,(H,23,28). The summed E-state index contributed by atoms with van der Waals surface area (Å²) in [6.07, 6.45) is 0. The van der Waals surface area contributed by atoms with Gasteiger partial charge in [0.15, 0.2) is 5.65 Å². The number of amides is 1. The number of halogens is 3. The predicted molar refractivity (Wildman–Crippen MR) is 112 cm³/mol. The van der Waals surface area contributed by atoms with Crippen LogP contribution in [0.4, 0.5) is 10.1 Å². The van der Waals surface area contributed by atoms with Crippen LogP contribution in [0, 0.1) is 5.82 Å². The van der Waals surface area contributed by atoms with Gasteiger partial charge in [-0.05, 0) is 54.6 Å². The molecule has 0 fully saturated rings. The van der Waals surface area contributed by atoms with Gasteiger partial charge < -0.3 is 5.32 Å². The van der Waals surface area contributed by atoms with Crippen molar-refractivity contribution in [3.05, 3.63) is 70.5 Å². The van der Waals surface area contributed by atoms with Crippen LogP contribution in [-0.2, 0) is 4.79 Å². The number of fused-ring (bicyclic) bond motifs is 1. The Bertz CT molecular complexity index is 1200. The van der Waals surface area contributed by atoms with Gasteiger partial charge in [-0.2, -0.15) is 9.61 Å². The maximum Gasteiger partial charge on any atom is 0.234 e. The third-order valence-corrected chi connectivity index (χ3v) is 5.57. The van der Waals surface area contributed by atoms with Gasteiger partial charge in [-0.1, -0.05) is 35.0 Å². The van der Waals surface area contributed by atoms with Crippen LogP contribution in [0.3, 0.4) is 0 Å². The summed E-state index contributed by atoms with van der Waals surface area (Å²) < 4.78 is 14.7. The average molecular weight is 448 g/mol. The zero-order valence-electron chi connectivity index (χ0n) is 14.6. The lowest BCUT2D eigenvalue weighted by molar-refractivity contribution is -0.113. The van der Waals surface area contributed by atoms with E-state index in [9.17, 15) is 9.18 Å². The molecule has 0 atom stereocenters. The molecule has 0 aliphatic heterocycles. The van der Waals surface area contributed by atoms with Crippen molar-refractivity contribution in [3.63, 3.8) is 0 Å². The van der Waals surface area contributed by atoms with E-state index in [0.717, 1.165) is 5.56 Å². The van der Waals surface area contributed by atoms with Gasteiger partial charge in [0, 0.05) is 11.3 Å². The Hall–Kier alpha value is -2.68. The molecule has 4 rings (SSSR count). The van der Waals surface area contributed by atoms with Gasteiger partial charge >= 0.3 is 0 Å². The van der Waals surface area contributed by atoms with E-state index in [4.69, 9.17) is 23.2 Å². The molecule has 1 N–H and O–H groups in total. The maximum absolute atomic E-state index is 13.1. The third kappa shape index (κ3) is 4.50. The van der Waals surface area contributed by atoms with Crippen molar-refractivity contribution in [2.45, 2.75) is 5.16 Å². The highest BCUT2D eigenvalue weighted by Crippen LogP contribution is 2.25. The summed E-state index contributed by atoms with van der Waals surface area (Å²) in [5, 5.41) is 16.6. The van der Waals surface area contributed by atoms with Crippen LogP contribution in [-0.4, -0.2) is 31.5 Å². The van der Waals surface area contributed by atoms with Crippen LogP contribution in [0.1, 0.15) is 0 Å². The Labute approximate surface area is 179 Å². The van der Waals surface area contributed by atoms with Crippen molar-refractivity contribution >= 4 is 52.2 Å². The molecule has 0 spiro atoms. The Morgan fingerprint density at radius 2 is 1.83 bits per heavy atom. The molecule has 29 heavy (non-hydrogen) atoms. The molecule has 10 heteroatoms. The van der Waals surface area contributed by atoms with E-state index in [1.165, 1.54) is 23.9 Å². The first-order valence-electron chi connectivity index (χ1n) is 8.36. The number of benzene rings is 2. The van der Waals surface area contributed by atoms with Gasteiger partial charge in [-0.25, -0.2) is 4.39 Å². The topological polar surface area (TPSA) is 72.2 Å². The maximum atomic E-state index is 13.1. The SMILES string of the molecule is O=C(CSc1nnc2ccc(-c3ccc(F)cc3)nn12)Nc1ccc(Cl)c(Cl)c1. The molecule has 0 aliphatic rings. The van der Waals surface area contributed by atoms with Crippen molar-refractivity contribution in [2.75, 3.05) is 11.1 Å². The number of nitrogens with one attached hydrogen (secondary N) is 1. The number of carbonyl (C=O) groups is 1. The smallest absolute Gasteiger partial charge is 0.234 e. The minimum Gasteiger partial charge on any atom is -0.325 e. The summed E-state index contributed by atoms with van der Waals surface area (Å²) >= 11 is 13.0. The second kappa shape index (κ2) is 8.36. The largest absolute Gasteiger partial charge is 0.325 e. The first kappa shape index (κ1) is 19.6. The third-order valence-electron chi connectivity index (χ3n) is 3.91. The van der Waals surface area contributed by atoms with Gasteiger partial charge in [0.1, 0.15) is 5.82 Å². The lowest BCUT2D eigenvalue weighted by Gasteiger charge is -2.06. The van der Waals surface area contributed by atoms with E-state index in [0.29, 0.717) is 32.2 Å². The number of anilines is 1. The van der Waals surface area contributed by atoms with E-state index in [1.54, 1.807) is 47.0 Å². The van der Waals surface area contributed by atoms with Gasteiger partial charge in [0.05, 0.1) is 21.5 Å². The number of thioether (sulfide) groups is 1. The van der Waals surface area contributed by atoms with E-state index < -0.39 is 0 Å². The summed E-state index contributed by atoms with van der Waals surface area (Å²) in [7, 11) is 0. The normalized spacial score (nSPS) is 11.0. The highest BCUT2D eigenvalue weighted by molar-refractivity contribution is 7.99. The van der Waals surface area contributed by atoms with Crippen molar-refractivity contribution < 1.29 is 9.18 Å². The van der Waals surface area contributed by atoms with Crippen LogP contribution in [0.2, 0.25) is 10.0 Å². The molecular weight excluding hydrogens is 436 g/mol. The van der Waals surface area contributed by atoms with E-state index in [-0.39, 0.29) is 17.5 Å². The van der Waals surface area contributed by atoms with Crippen LogP contribution < -0.4 is 5.32 Å². The zero-order chi connectivity index (χ0) is 20.4. The molecule has 2 aromatic heterocycles. The number of aromatic nitrogens is 4. The molecule has 0 saturated carbocycles. The van der Waals surface area contributed by atoms with Crippen LogP contribution in [0.5, 0.6) is 0 Å². The molecule has 2 aromatic carbocycles. The van der Waals surface area contributed by atoms with Gasteiger partial charge in [0.2, 0.25) is 11.1 Å². The van der Waals surface area contributed by atoms with Crippen molar-refractivity contribution in [1.29, 1.82) is 0 Å². The molecule has 0 aliphatic carbocycles. The van der Waals surface area contributed by atoms with Gasteiger partial charge in [0.25, 0.3) is 0 Å². The van der Waals surface area contributed by atoms with E-state index in [1.807, 2.05) is 0 Å². The number of hydrogen-bond donors (Lipinski definition) is 1. The summed E-state index contributed by atoms with van der Waals surface area (Å²) in [6.45, 7) is 0. The summed E-state index contributed by atoms with van der Waals surface area (Å²) in [5.74, 6) is -0.452. The van der Waals surface area contributed by atoms with Gasteiger partial charge in [-0.15, -0.1) is 10.2 Å². The van der Waals surface area contributed by atoms with E-state index in [2.05, 4.69) is 20.6 Å². The van der Waals surface area contributed by atoms with Crippen LogP contribution >= 0.6 is 35.0 Å². The number of hydrogen-bond acceptors (Lipinski definition) is 5. The Kier molecular flexibility index (Phi) is 5.66. The monoisotopic (exact) mass is 447 g/mol. The van der Waals surface area contributed by atoms with E-state index >= 15 is 0 Å². The van der Waals surface area contributed by atoms with Crippen molar-refractivity contribution in [1.82, 2.24) is 19.8 Å². The zero-order valence-corrected chi connectivity index (χ0v) is 17.0. The molecule has 0 bridgehead atoms. The Balaban J connectivity index is 1.48. The van der Waals surface area contributed by atoms with Crippen molar-refractivity contribution in [3.8, 4) is 11.3 Å². The lowest BCUT2D eigenvalue weighted by atomic mass is 10.1. The minimum atomic E-state index is -0.316. The van der Waals surface area contributed by atoms with Crippen LogP contribution in [0.15, 0.2) is 59.8 Å². The molecular formula is C19H12Cl2FN5OS. The molecule has 4 aromatic rings. The highest BCUT2D eigenvalue weighted by atomic mass is 35.5. The molecule has 1 amide bonds. The first-order chi connectivity index (χ1) is 14.0. The predicted octanol–water partition coefficient (Wildman–Crippen LogP) is 4.97. The molecule has 2 heterocycles. The lowest BCUT2D eigenvalue weighted by Crippen LogP contribution is -2.14. The van der Waals surface area contributed by atoms with Crippen molar-refractivity contribution in [2.24, 2.45) is 0 Å². The summed E-state index contributed by atoms with van der Waals surface area (Å²) in [6, 6.07) is 14.4. The number of carbonyl (C=O) groups excluding carboxylic acids is 1. The summed E-state index contributed by atoms with van der Waals surface area (Å²) in [4.78, 5) is 12.2. The second-order valence-electron chi connectivity index (χ2n) is 5.94. The fourth-order valence-corrected chi connectivity index (χ4v) is 3.52. The molecule has 146 valence electrons. The molecule has 0 radical (unpaired) electrons. The fourth-order valence-electron chi connectivity index (χ4n) is 2.53. The fraction of sp³-hybridized carbons (Fsp3) is 0.0526. The van der Waals surface area contributed by atoms with Gasteiger partial charge in [-0.3, -0.25) is 4.79 Å². The number of rotatable bonds is 5. The Morgan fingerprint density at radius 3 is 2.59 bits per heavy atom. The molecule has 0 unspecified atom stereocenters. The second-order valence-corrected chi connectivity index (χ2v) is 7.70. The quantitative estimate of drug-likeness (QED) is 0.437. The number of nitrogens with zero attached hydrogens (tertiary/aromatic N) is 4.